The van der Waals surface area contributed by atoms with E-state index in [1.165, 1.54) is 0 Å². The Morgan fingerprint density at radius 1 is 1.42 bits per heavy atom. The molecule has 2 atom stereocenters. The van der Waals surface area contributed by atoms with Crippen molar-refractivity contribution in [3.63, 3.8) is 0 Å². The van der Waals surface area contributed by atoms with Crippen LogP contribution in [0, 0.1) is 0 Å². The maximum Gasteiger partial charge on any atom is 0.243 e. The zero-order valence-electron chi connectivity index (χ0n) is 13.7. The highest BCUT2D eigenvalue weighted by molar-refractivity contribution is 5.91. The van der Waals surface area contributed by atoms with Gasteiger partial charge in [0.2, 0.25) is 11.8 Å². The van der Waals surface area contributed by atoms with Gasteiger partial charge < -0.3 is 19.9 Å². The fourth-order valence-electron chi connectivity index (χ4n) is 2.80. The molecule has 0 radical (unpaired) electrons. The maximum atomic E-state index is 12.5. The van der Waals surface area contributed by atoms with Crippen molar-refractivity contribution >= 4 is 11.8 Å². The lowest BCUT2D eigenvalue weighted by molar-refractivity contribution is -0.126. The normalized spacial score (nSPS) is 18.1. The predicted octanol–water partition coefficient (Wildman–Crippen LogP) is 0.913. The summed E-state index contributed by atoms with van der Waals surface area (Å²) >= 11 is 0. The third-order valence-electron chi connectivity index (χ3n) is 4.16. The minimum Gasteiger partial charge on any atom is -0.497 e. The molecule has 0 bridgehead atoms. The van der Waals surface area contributed by atoms with Crippen molar-refractivity contribution in [3.8, 4) is 5.75 Å². The number of carbonyl (C=O) groups is 2. The average molecular weight is 328 g/mol. The number of amides is 2. The van der Waals surface area contributed by atoms with E-state index in [1.807, 2.05) is 42.1 Å². The van der Waals surface area contributed by atoms with Gasteiger partial charge in [0.15, 0.2) is 0 Å². The summed E-state index contributed by atoms with van der Waals surface area (Å²) in [5.41, 5.74) is 0.891. The van der Waals surface area contributed by atoms with Crippen LogP contribution in [0.5, 0.6) is 5.75 Å². The standard InChI is InChI=1S/C17H20N4O3/c1-21-10-9-18-16(21)15(11-3-5-12(24-2)6-4-11)20-17(23)13-7-8-14(22)19-13/h3-6,9-10,13,15H,7-8H2,1-2H3,(H,19,22)(H,20,23)/t13-,15-/m1/s1. The molecule has 2 heterocycles. The molecular weight excluding hydrogens is 308 g/mol. The van der Waals surface area contributed by atoms with Gasteiger partial charge in [0.05, 0.1) is 7.11 Å². The van der Waals surface area contributed by atoms with Crippen molar-refractivity contribution in [3.05, 3.63) is 48.0 Å². The molecule has 2 aromatic rings. The molecule has 1 aliphatic heterocycles. The van der Waals surface area contributed by atoms with Crippen molar-refractivity contribution < 1.29 is 14.3 Å². The highest BCUT2D eigenvalue weighted by Gasteiger charge is 2.30. The Bertz CT molecular complexity index is 739. The van der Waals surface area contributed by atoms with Gasteiger partial charge in [-0.25, -0.2) is 4.98 Å². The number of methoxy groups -OCH3 is 1. The number of carbonyl (C=O) groups excluding carboxylic acids is 2. The Kier molecular flexibility index (Phi) is 4.50. The lowest BCUT2D eigenvalue weighted by Gasteiger charge is -2.21. The summed E-state index contributed by atoms with van der Waals surface area (Å²) in [7, 11) is 3.48. The molecule has 1 fully saturated rings. The zero-order valence-corrected chi connectivity index (χ0v) is 13.7. The van der Waals surface area contributed by atoms with E-state index < -0.39 is 12.1 Å². The first kappa shape index (κ1) is 16.0. The molecule has 24 heavy (non-hydrogen) atoms. The van der Waals surface area contributed by atoms with Gasteiger partial charge in [-0.15, -0.1) is 0 Å². The van der Waals surface area contributed by atoms with Crippen LogP contribution in [0.1, 0.15) is 30.3 Å². The third-order valence-corrected chi connectivity index (χ3v) is 4.16. The van der Waals surface area contributed by atoms with E-state index >= 15 is 0 Å². The second-order valence-electron chi connectivity index (χ2n) is 5.77. The topological polar surface area (TPSA) is 85.2 Å². The molecule has 0 aliphatic carbocycles. The fraction of sp³-hybridized carbons (Fsp3) is 0.353. The molecule has 1 aromatic carbocycles. The van der Waals surface area contributed by atoms with Crippen LogP contribution in [-0.4, -0.2) is 34.5 Å². The van der Waals surface area contributed by atoms with E-state index in [0.717, 1.165) is 17.1 Å². The van der Waals surface area contributed by atoms with E-state index in [4.69, 9.17) is 4.74 Å². The number of benzene rings is 1. The molecule has 0 unspecified atom stereocenters. The second kappa shape index (κ2) is 6.74. The Hall–Kier alpha value is -2.83. The van der Waals surface area contributed by atoms with Crippen LogP contribution in [0.25, 0.3) is 0 Å². The Balaban J connectivity index is 1.86. The van der Waals surface area contributed by atoms with Crippen LogP contribution >= 0.6 is 0 Å². The first-order chi connectivity index (χ1) is 11.6. The van der Waals surface area contributed by atoms with E-state index in [-0.39, 0.29) is 11.8 Å². The quantitative estimate of drug-likeness (QED) is 0.854. The zero-order chi connectivity index (χ0) is 17.1. The molecule has 2 N–H and O–H groups in total. The molecule has 0 spiro atoms. The van der Waals surface area contributed by atoms with E-state index in [2.05, 4.69) is 15.6 Å². The highest BCUT2D eigenvalue weighted by atomic mass is 16.5. The van der Waals surface area contributed by atoms with Crippen molar-refractivity contribution in [2.24, 2.45) is 7.05 Å². The summed E-state index contributed by atoms with van der Waals surface area (Å²) in [6.45, 7) is 0. The summed E-state index contributed by atoms with van der Waals surface area (Å²) in [4.78, 5) is 28.2. The Morgan fingerprint density at radius 3 is 2.71 bits per heavy atom. The Morgan fingerprint density at radius 2 is 2.17 bits per heavy atom. The van der Waals surface area contributed by atoms with Crippen LogP contribution in [0.3, 0.4) is 0 Å². The number of hydrogen-bond acceptors (Lipinski definition) is 4. The lowest BCUT2D eigenvalue weighted by Crippen LogP contribution is -2.43. The number of imidazole rings is 1. The number of ether oxygens (including phenoxy) is 1. The van der Waals surface area contributed by atoms with Gasteiger partial charge in [0.25, 0.3) is 0 Å². The molecule has 1 aliphatic rings. The van der Waals surface area contributed by atoms with E-state index in [1.54, 1.807) is 13.3 Å². The van der Waals surface area contributed by atoms with Gasteiger partial charge in [-0.3, -0.25) is 9.59 Å². The van der Waals surface area contributed by atoms with Gasteiger partial charge >= 0.3 is 0 Å². The number of nitrogens with zero attached hydrogens (tertiary/aromatic N) is 2. The van der Waals surface area contributed by atoms with Crippen LogP contribution in [0.4, 0.5) is 0 Å². The number of hydrogen-bond donors (Lipinski definition) is 2. The fourth-order valence-corrected chi connectivity index (χ4v) is 2.80. The average Bonchev–Trinajstić information content (AvgIpc) is 3.21. The summed E-state index contributed by atoms with van der Waals surface area (Å²) in [5.74, 6) is 1.17. The Labute approximate surface area is 140 Å². The van der Waals surface area contributed by atoms with Crippen LogP contribution in [0.2, 0.25) is 0 Å². The molecule has 126 valence electrons. The van der Waals surface area contributed by atoms with Crippen LogP contribution in [-0.2, 0) is 16.6 Å². The molecule has 7 heteroatoms. The molecule has 2 amide bonds. The number of nitrogens with one attached hydrogen (secondary N) is 2. The largest absolute Gasteiger partial charge is 0.497 e. The van der Waals surface area contributed by atoms with Gasteiger partial charge in [0, 0.05) is 25.9 Å². The first-order valence-corrected chi connectivity index (χ1v) is 7.79. The predicted molar refractivity (Wildman–Crippen MR) is 87.4 cm³/mol. The number of aromatic nitrogens is 2. The first-order valence-electron chi connectivity index (χ1n) is 7.79. The van der Waals surface area contributed by atoms with Gasteiger partial charge in [-0.05, 0) is 24.1 Å². The molecule has 0 saturated carbocycles. The van der Waals surface area contributed by atoms with Crippen LogP contribution in [0.15, 0.2) is 36.7 Å². The summed E-state index contributed by atoms with van der Waals surface area (Å²) < 4.78 is 7.05. The third kappa shape index (κ3) is 3.24. The summed E-state index contributed by atoms with van der Waals surface area (Å²) in [6.07, 6.45) is 4.42. The minimum absolute atomic E-state index is 0.0897. The SMILES string of the molecule is COc1ccc([C@@H](NC(=O)[C@H]2CCC(=O)N2)c2nccn2C)cc1. The van der Waals surface area contributed by atoms with Crippen LogP contribution < -0.4 is 15.4 Å². The second-order valence-corrected chi connectivity index (χ2v) is 5.77. The van der Waals surface area contributed by atoms with Crippen molar-refractivity contribution in [2.75, 3.05) is 7.11 Å². The van der Waals surface area contributed by atoms with Gasteiger partial charge in [-0.1, -0.05) is 12.1 Å². The molecule has 7 nitrogen and oxygen atoms in total. The molecular formula is C17H20N4O3. The van der Waals surface area contributed by atoms with Crippen molar-refractivity contribution in [1.29, 1.82) is 0 Å². The van der Waals surface area contributed by atoms with Crippen molar-refractivity contribution in [1.82, 2.24) is 20.2 Å². The van der Waals surface area contributed by atoms with E-state index in [0.29, 0.717) is 12.8 Å². The van der Waals surface area contributed by atoms with Gasteiger partial charge in [-0.2, -0.15) is 0 Å². The molecule has 1 saturated heterocycles. The lowest BCUT2D eigenvalue weighted by atomic mass is 10.0. The monoisotopic (exact) mass is 328 g/mol. The van der Waals surface area contributed by atoms with E-state index in [9.17, 15) is 9.59 Å². The van der Waals surface area contributed by atoms with Gasteiger partial charge in [0.1, 0.15) is 23.7 Å². The molecule has 1 aromatic heterocycles. The smallest absolute Gasteiger partial charge is 0.243 e. The number of aryl methyl sites for hydroxylation is 1. The summed E-state index contributed by atoms with van der Waals surface area (Å²) in [6, 6.07) is 6.58. The van der Waals surface area contributed by atoms with Crippen molar-refractivity contribution in [2.45, 2.75) is 24.9 Å². The number of rotatable bonds is 5. The maximum absolute atomic E-state index is 12.5. The minimum atomic E-state index is -0.487. The highest BCUT2D eigenvalue weighted by Crippen LogP contribution is 2.23. The molecule has 3 rings (SSSR count). The summed E-state index contributed by atoms with van der Waals surface area (Å²) in [5, 5.41) is 5.69.